The van der Waals surface area contributed by atoms with Gasteiger partial charge < -0.3 is 15.2 Å². The molecule has 0 fully saturated rings. The third-order valence-electron chi connectivity index (χ3n) is 3.37. The molecule has 2 amide bonds. The highest BCUT2D eigenvalue weighted by Crippen LogP contribution is 2.35. The lowest BCUT2D eigenvalue weighted by molar-refractivity contribution is -0.136. The van der Waals surface area contributed by atoms with Crippen LogP contribution in [0.25, 0.3) is 0 Å². The molecule has 27 heavy (non-hydrogen) atoms. The third-order valence-corrected chi connectivity index (χ3v) is 4.38. The Morgan fingerprint density at radius 3 is 2.70 bits per heavy atom. The second kappa shape index (κ2) is 9.38. The van der Waals surface area contributed by atoms with Crippen LogP contribution in [0.1, 0.15) is 18.1 Å². The minimum atomic E-state index is -0.939. The highest BCUT2D eigenvalue weighted by molar-refractivity contribution is 9.10. The normalized spacial score (nSPS) is 10.7. The molecule has 142 valence electrons. The highest BCUT2D eigenvalue weighted by Gasteiger charge is 2.13. The van der Waals surface area contributed by atoms with E-state index in [0.717, 1.165) is 5.56 Å². The summed E-state index contributed by atoms with van der Waals surface area (Å²) in [7, 11) is 0. The number of nitrogens with zero attached hydrogens (tertiary/aromatic N) is 1. The zero-order valence-electron chi connectivity index (χ0n) is 14.5. The van der Waals surface area contributed by atoms with Crippen LogP contribution in [-0.2, 0) is 9.59 Å². The van der Waals surface area contributed by atoms with Gasteiger partial charge in [-0.2, -0.15) is 5.10 Å². The topological polar surface area (TPSA) is 100 Å². The van der Waals surface area contributed by atoms with E-state index in [1.165, 1.54) is 6.21 Å². The Labute approximate surface area is 169 Å². The molecule has 0 aliphatic rings. The number of phenols is 1. The molecule has 0 heterocycles. The van der Waals surface area contributed by atoms with Gasteiger partial charge >= 0.3 is 11.8 Å². The molecule has 0 aliphatic heterocycles. The van der Waals surface area contributed by atoms with Gasteiger partial charge in [0, 0.05) is 10.7 Å². The lowest BCUT2D eigenvalue weighted by Crippen LogP contribution is -2.32. The number of carbonyl (C=O) groups is 2. The fourth-order valence-corrected chi connectivity index (χ4v) is 2.65. The van der Waals surface area contributed by atoms with E-state index < -0.39 is 11.8 Å². The van der Waals surface area contributed by atoms with E-state index in [0.29, 0.717) is 27.4 Å². The standard InChI is InChI=1S/C18H17BrClN3O4/c1-3-27-15-7-11(6-13(19)16(15)24)9-21-23-18(26)17(25)22-12-5-4-10(2)14(20)8-12/h4-9,24H,3H2,1-2H3,(H,22,25)(H,23,26)/b21-9+. The molecule has 0 saturated carbocycles. The zero-order chi connectivity index (χ0) is 20.0. The maximum Gasteiger partial charge on any atom is 0.329 e. The Hall–Kier alpha value is -2.58. The fourth-order valence-electron chi connectivity index (χ4n) is 2.01. The van der Waals surface area contributed by atoms with Crippen molar-refractivity contribution in [1.29, 1.82) is 0 Å². The van der Waals surface area contributed by atoms with Crippen LogP contribution < -0.4 is 15.5 Å². The first kappa shape index (κ1) is 20.7. The summed E-state index contributed by atoms with van der Waals surface area (Å²) in [5, 5.41) is 16.5. The molecule has 2 aromatic rings. The van der Waals surface area contributed by atoms with Crippen molar-refractivity contribution < 1.29 is 19.4 Å². The fraction of sp³-hybridized carbons (Fsp3) is 0.167. The van der Waals surface area contributed by atoms with E-state index in [9.17, 15) is 14.7 Å². The van der Waals surface area contributed by atoms with Crippen LogP contribution in [-0.4, -0.2) is 29.7 Å². The number of carbonyl (C=O) groups excluding carboxylic acids is 2. The van der Waals surface area contributed by atoms with Gasteiger partial charge in [-0.1, -0.05) is 17.7 Å². The van der Waals surface area contributed by atoms with Crippen molar-refractivity contribution in [3.8, 4) is 11.5 Å². The predicted molar refractivity (Wildman–Crippen MR) is 108 cm³/mol. The van der Waals surface area contributed by atoms with Crippen LogP contribution in [0, 0.1) is 6.92 Å². The third kappa shape index (κ3) is 5.70. The molecule has 2 aromatic carbocycles. The van der Waals surface area contributed by atoms with E-state index in [4.69, 9.17) is 16.3 Å². The first-order chi connectivity index (χ1) is 12.8. The summed E-state index contributed by atoms with van der Waals surface area (Å²) in [6.45, 7) is 3.99. The number of hydrogen-bond donors (Lipinski definition) is 3. The summed E-state index contributed by atoms with van der Waals surface area (Å²) in [6.07, 6.45) is 1.32. The van der Waals surface area contributed by atoms with Crippen molar-refractivity contribution in [3.05, 3.63) is 51.0 Å². The van der Waals surface area contributed by atoms with Crippen molar-refractivity contribution in [3.63, 3.8) is 0 Å². The van der Waals surface area contributed by atoms with Gasteiger partial charge in [0.1, 0.15) is 0 Å². The summed E-state index contributed by atoms with van der Waals surface area (Å²) in [5.41, 5.74) is 3.94. The Morgan fingerprint density at radius 1 is 1.30 bits per heavy atom. The molecular formula is C18H17BrClN3O4. The van der Waals surface area contributed by atoms with Crippen molar-refractivity contribution in [2.45, 2.75) is 13.8 Å². The second-order valence-corrected chi connectivity index (χ2v) is 6.66. The summed E-state index contributed by atoms with van der Waals surface area (Å²) in [5.74, 6) is -1.58. The van der Waals surface area contributed by atoms with Gasteiger partial charge in [-0.25, -0.2) is 5.43 Å². The smallest absolute Gasteiger partial charge is 0.329 e. The SMILES string of the molecule is CCOc1cc(/C=N/NC(=O)C(=O)Nc2ccc(C)c(Cl)c2)cc(Br)c1O. The van der Waals surface area contributed by atoms with E-state index in [2.05, 4.69) is 31.8 Å². The van der Waals surface area contributed by atoms with E-state index >= 15 is 0 Å². The van der Waals surface area contributed by atoms with Crippen LogP contribution in [0.4, 0.5) is 5.69 Å². The van der Waals surface area contributed by atoms with Gasteiger partial charge in [0.05, 0.1) is 17.3 Å². The van der Waals surface area contributed by atoms with Crippen LogP contribution >= 0.6 is 27.5 Å². The number of amides is 2. The Balaban J connectivity index is 1.99. The molecule has 0 atom stereocenters. The zero-order valence-corrected chi connectivity index (χ0v) is 16.9. The number of phenolic OH excluding ortho intramolecular Hbond substituents is 1. The number of nitrogens with one attached hydrogen (secondary N) is 2. The summed E-state index contributed by atoms with van der Waals surface area (Å²) in [4.78, 5) is 23.7. The van der Waals surface area contributed by atoms with Crippen molar-refractivity contribution in [2.75, 3.05) is 11.9 Å². The van der Waals surface area contributed by atoms with Crippen LogP contribution in [0.3, 0.4) is 0 Å². The van der Waals surface area contributed by atoms with Crippen molar-refractivity contribution >= 4 is 51.2 Å². The molecule has 0 unspecified atom stereocenters. The molecule has 3 N–H and O–H groups in total. The number of anilines is 1. The largest absolute Gasteiger partial charge is 0.503 e. The molecule has 0 spiro atoms. The van der Waals surface area contributed by atoms with Crippen LogP contribution in [0.15, 0.2) is 39.9 Å². The molecule has 0 saturated heterocycles. The molecule has 0 radical (unpaired) electrons. The van der Waals surface area contributed by atoms with Crippen LogP contribution in [0.5, 0.6) is 11.5 Å². The number of hydrazone groups is 1. The quantitative estimate of drug-likeness (QED) is 0.365. The van der Waals surface area contributed by atoms with E-state index in [1.54, 1.807) is 37.3 Å². The van der Waals surface area contributed by atoms with Gasteiger partial charge in [-0.3, -0.25) is 9.59 Å². The number of halogens is 2. The maximum absolute atomic E-state index is 11.9. The van der Waals surface area contributed by atoms with E-state index in [-0.39, 0.29) is 11.5 Å². The summed E-state index contributed by atoms with van der Waals surface area (Å²) < 4.78 is 5.72. The van der Waals surface area contributed by atoms with Crippen molar-refractivity contribution in [2.24, 2.45) is 5.10 Å². The Morgan fingerprint density at radius 2 is 2.04 bits per heavy atom. The first-order valence-electron chi connectivity index (χ1n) is 7.87. The maximum atomic E-state index is 11.9. The minimum Gasteiger partial charge on any atom is -0.503 e. The molecule has 7 nitrogen and oxygen atoms in total. The van der Waals surface area contributed by atoms with Gasteiger partial charge in [-0.05, 0) is 65.2 Å². The first-order valence-corrected chi connectivity index (χ1v) is 9.04. The molecule has 0 aromatic heterocycles. The average Bonchev–Trinajstić information content (AvgIpc) is 2.62. The van der Waals surface area contributed by atoms with Crippen LogP contribution in [0.2, 0.25) is 5.02 Å². The Kier molecular flexibility index (Phi) is 7.20. The van der Waals surface area contributed by atoms with Crippen molar-refractivity contribution in [1.82, 2.24) is 5.43 Å². The number of ether oxygens (including phenoxy) is 1. The minimum absolute atomic E-state index is 0.0332. The van der Waals surface area contributed by atoms with Gasteiger partial charge in [0.25, 0.3) is 0 Å². The van der Waals surface area contributed by atoms with E-state index in [1.807, 2.05) is 6.92 Å². The number of rotatable bonds is 5. The molecule has 0 bridgehead atoms. The average molecular weight is 455 g/mol. The lowest BCUT2D eigenvalue weighted by Gasteiger charge is -2.08. The predicted octanol–water partition coefficient (Wildman–Crippen LogP) is 3.60. The monoisotopic (exact) mass is 453 g/mol. The highest BCUT2D eigenvalue weighted by atomic mass is 79.9. The lowest BCUT2D eigenvalue weighted by atomic mass is 10.2. The number of aromatic hydroxyl groups is 1. The molecule has 9 heteroatoms. The molecular weight excluding hydrogens is 438 g/mol. The summed E-state index contributed by atoms with van der Waals surface area (Å²) in [6, 6.07) is 8.05. The summed E-state index contributed by atoms with van der Waals surface area (Å²) >= 11 is 9.19. The van der Waals surface area contributed by atoms with Gasteiger partial charge in [0.2, 0.25) is 0 Å². The number of hydrogen-bond acceptors (Lipinski definition) is 5. The Bertz CT molecular complexity index is 902. The number of benzene rings is 2. The van der Waals surface area contributed by atoms with Gasteiger partial charge in [-0.15, -0.1) is 0 Å². The van der Waals surface area contributed by atoms with Gasteiger partial charge in [0.15, 0.2) is 11.5 Å². The molecule has 2 rings (SSSR count). The second-order valence-electron chi connectivity index (χ2n) is 5.40. The number of aryl methyl sites for hydroxylation is 1. The molecule has 0 aliphatic carbocycles.